The largest absolute Gasteiger partial charge is 0.381 e. The van der Waals surface area contributed by atoms with Gasteiger partial charge in [0.15, 0.2) is 9.84 Å². The second-order valence-corrected chi connectivity index (χ2v) is 8.50. The van der Waals surface area contributed by atoms with Crippen LogP contribution in [0, 0.1) is 11.2 Å². The van der Waals surface area contributed by atoms with Crippen molar-refractivity contribution in [2.75, 3.05) is 32.1 Å². The molecule has 1 atom stereocenters. The molecule has 2 aliphatic heterocycles. The van der Waals surface area contributed by atoms with Crippen molar-refractivity contribution in [2.24, 2.45) is 5.41 Å². The summed E-state index contributed by atoms with van der Waals surface area (Å²) in [6.07, 6.45) is 2.18. The third-order valence-corrected chi connectivity index (χ3v) is 6.45. The summed E-state index contributed by atoms with van der Waals surface area (Å²) in [7, 11) is -3.53. The SMILES string of the molecule is O=C1CC[C@@]2(CCOC2)CN1CCS(=O)(=O)c1ccc(F)cc1. The van der Waals surface area contributed by atoms with Crippen molar-refractivity contribution in [3.63, 3.8) is 0 Å². The Morgan fingerprint density at radius 2 is 1.96 bits per heavy atom. The third kappa shape index (κ3) is 3.55. The number of carbonyl (C=O) groups is 1. The highest BCUT2D eigenvalue weighted by Crippen LogP contribution is 2.38. The fourth-order valence-corrected chi connectivity index (χ4v) is 4.51. The Bertz CT molecular complexity index is 681. The van der Waals surface area contributed by atoms with Gasteiger partial charge in [0.2, 0.25) is 5.91 Å². The molecular formula is C16H20FNO4S. The Kier molecular flexibility index (Phi) is 4.42. The zero-order chi connectivity index (χ0) is 16.5. The summed E-state index contributed by atoms with van der Waals surface area (Å²) in [5, 5.41) is 0. The van der Waals surface area contributed by atoms with Gasteiger partial charge in [0.05, 0.1) is 17.3 Å². The number of likely N-dealkylation sites (tertiary alicyclic amines) is 1. The summed E-state index contributed by atoms with van der Waals surface area (Å²) in [6, 6.07) is 4.78. The van der Waals surface area contributed by atoms with Crippen LogP contribution in [-0.2, 0) is 19.4 Å². The zero-order valence-electron chi connectivity index (χ0n) is 12.8. The third-order valence-electron chi connectivity index (χ3n) is 4.74. The van der Waals surface area contributed by atoms with E-state index in [-0.39, 0.29) is 28.5 Å². The molecule has 23 heavy (non-hydrogen) atoms. The van der Waals surface area contributed by atoms with Crippen molar-refractivity contribution in [3.05, 3.63) is 30.1 Å². The summed E-state index contributed by atoms with van der Waals surface area (Å²) in [4.78, 5) is 13.8. The molecule has 0 aliphatic carbocycles. The summed E-state index contributed by atoms with van der Waals surface area (Å²) in [6.45, 7) is 2.07. The van der Waals surface area contributed by atoms with Gasteiger partial charge in [-0.05, 0) is 37.1 Å². The van der Waals surface area contributed by atoms with Crippen LogP contribution in [0.4, 0.5) is 4.39 Å². The van der Waals surface area contributed by atoms with E-state index in [0.717, 1.165) is 25.0 Å². The number of nitrogens with zero attached hydrogens (tertiary/aromatic N) is 1. The number of benzene rings is 1. The number of amides is 1. The number of sulfone groups is 1. The van der Waals surface area contributed by atoms with Crippen LogP contribution in [-0.4, -0.2) is 51.3 Å². The van der Waals surface area contributed by atoms with Gasteiger partial charge < -0.3 is 9.64 Å². The molecule has 0 unspecified atom stereocenters. The van der Waals surface area contributed by atoms with Gasteiger partial charge in [-0.15, -0.1) is 0 Å². The van der Waals surface area contributed by atoms with Crippen molar-refractivity contribution in [2.45, 2.75) is 24.2 Å². The lowest BCUT2D eigenvalue weighted by Gasteiger charge is -2.39. The average Bonchev–Trinajstić information content (AvgIpc) is 2.97. The highest BCUT2D eigenvalue weighted by atomic mass is 32.2. The molecule has 0 N–H and O–H groups in total. The highest BCUT2D eigenvalue weighted by Gasteiger charge is 2.41. The zero-order valence-corrected chi connectivity index (χ0v) is 13.6. The number of halogens is 1. The quantitative estimate of drug-likeness (QED) is 0.781. The van der Waals surface area contributed by atoms with Gasteiger partial charge in [-0.2, -0.15) is 0 Å². The van der Waals surface area contributed by atoms with E-state index in [9.17, 15) is 17.6 Å². The van der Waals surface area contributed by atoms with Gasteiger partial charge in [0.25, 0.3) is 0 Å². The standard InChI is InChI=1S/C16H20FNO4S/c17-13-1-3-14(4-2-13)23(20,21)10-8-18-11-16(6-5-15(18)19)7-9-22-12-16/h1-4H,5-12H2/t16-/m1/s1. The average molecular weight is 341 g/mol. The molecule has 2 fully saturated rings. The van der Waals surface area contributed by atoms with Crippen molar-refractivity contribution < 1.29 is 22.3 Å². The summed E-state index contributed by atoms with van der Waals surface area (Å²) >= 11 is 0. The molecule has 1 aromatic rings. The summed E-state index contributed by atoms with van der Waals surface area (Å²) in [5.74, 6) is -0.628. The highest BCUT2D eigenvalue weighted by molar-refractivity contribution is 7.91. The van der Waals surface area contributed by atoms with Crippen LogP contribution >= 0.6 is 0 Å². The van der Waals surface area contributed by atoms with Crippen molar-refractivity contribution in [1.29, 1.82) is 0 Å². The van der Waals surface area contributed by atoms with Crippen molar-refractivity contribution in [3.8, 4) is 0 Å². The lowest BCUT2D eigenvalue weighted by Crippen LogP contribution is -2.48. The van der Waals surface area contributed by atoms with Crippen molar-refractivity contribution >= 4 is 15.7 Å². The maximum atomic E-state index is 12.9. The first-order chi connectivity index (χ1) is 10.9. The molecule has 126 valence electrons. The Morgan fingerprint density at radius 1 is 1.22 bits per heavy atom. The molecule has 0 radical (unpaired) electrons. The van der Waals surface area contributed by atoms with Crippen LogP contribution in [0.25, 0.3) is 0 Å². The van der Waals surface area contributed by atoms with Gasteiger partial charge in [-0.3, -0.25) is 4.79 Å². The normalized spacial score (nSPS) is 25.3. The molecule has 0 saturated carbocycles. The number of hydrogen-bond donors (Lipinski definition) is 0. The lowest BCUT2D eigenvalue weighted by atomic mass is 9.79. The van der Waals surface area contributed by atoms with Gasteiger partial charge in [0, 0.05) is 31.5 Å². The maximum Gasteiger partial charge on any atom is 0.222 e. The van der Waals surface area contributed by atoms with Crippen LogP contribution in [0.3, 0.4) is 0 Å². The smallest absolute Gasteiger partial charge is 0.222 e. The van der Waals surface area contributed by atoms with Crippen LogP contribution in [0.15, 0.2) is 29.2 Å². The molecular weight excluding hydrogens is 321 g/mol. The van der Waals surface area contributed by atoms with E-state index in [1.165, 1.54) is 12.1 Å². The predicted molar refractivity (Wildman–Crippen MR) is 82.1 cm³/mol. The number of carbonyl (C=O) groups excluding carboxylic acids is 1. The molecule has 2 heterocycles. The maximum absolute atomic E-state index is 12.9. The van der Waals surface area contributed by atoms with Crippen LogP contribution in [0.2, 0.25) is 0 Å². The van der Waals surface area contributed by atoms with E-state index < -0.39 is 15.7 Å². The Balaban J connectivity index is 1.66. The number of ether oxygens (including phenoxy) is 1. The van der Waals surface area contributed by atoms with E-state index in [4.69, 9.17) is 4.74 Å². The molecule has 1 amide bonds. The van der Waals surface area contributed by atoms with E-state index in [2.05, 4.69) is 0 Å². The van der Waals surface area contributed by atoms with E-state index in [1.54, 1.807) is 4.90 Å². The topological polar surface area (TPSA) is 63.7 Å². The second kappa shape index (κ2) is 6.20. The monoisotopic (exact) mass is 341 g/mol. The number of piperidine rings is 1. The van der Waals surface area contributed by atoms with Gasteiger partial charge >= 0.3 is 0 Å². The van der Waals surface area contributed by atoms with E-state index >= 15 is 0 Å². The van der Waals surface area contributed by atoms with Crippen LogP contribution in [0.1, 0.15) is 19.3 Å². The first-order valence-electron chi connectivity index (χ1n) is 7.74. The van der Waals surface area contributed by atoms with Crippen LogP contribution in [0.5, 0.6) is 0 Å². The Morgan fingerprint density at radius 3 is 2.61 bits per heavy atom. The van der Waals surface area contributed by atoms with Crippen molar-refractivity contribution in [1.82, 2.24) is 4.90 Å². The molecule has 2 aliphatic rings. The van der Waals surface area contributed by atoms with Crippen LogP contribution < -0.4 is 0 Å². The lowest BCUT2D eigenvalue weighted by molar-refractivity contribution is -0.137. The van der Waals surface area contributed by atoms with Gasteiger partial charge in [-0.1, -0.05) is 0 Å². The first kappa shape index (κ1) is 16.4. The van der Waals surface area contributed by atoms with E-state index in [0.29, 0.717) is 26.2 Å². The fourth-order valence-electron chi connectivity index (χ4n) is 3.27. The van der Waals surface area contributed by atoms with Gasteiger partial charge in [0.1, 0.15) is 5.82 Å². The second-order valence-electron chi connectivity index (χ2n) is 6.39. The van der Waals surface area contributed by atoms with Gasteiger partial charge in [-0.25, -0.2) is 12.8 Å². The predicted octanol–water partition coefficient (Wildman–Crippen LogP) is 1.63. The Labute approximate surface area is 135 Å². The minimum atomic E-state index is -3.53. The minimum absolute atomic E-state index is 0.00293. The molecule has 5 nitrogen and oxygen atoms in total. The Hall–Kier alpha value is -1.47. The summed E-state index contributed by atoms with van der Waals surface area (Å²) in [5.41, 5.74) is -0.00640. The minimum Gasteiger partial charge on any atom is -0.381 e. The fraction of sp³-hybridized carbons (Fsp3) is 0.562. The van der Waals surface area contributed by atoms with E-state index in [1.807, 2.05) is 0 Å². The number of rotatable bonds is 4. The molecule has 1 spiro atoms. The molecule has 1 aromatic carbocycles. The molecule has 3 rings (SSSR count). The molecule has 7 heteroatoms. The number of hydrogen-bond acceptors (Lipinski definition) is 4. The molecule has 0 aromatic heterocycles. The summed E-state index contributed by atoms with van der Waals surface area (Å²) < 4.78 is 43.0. The first-order valence-corrected chi connectivity index (χ1v) is 9.39. The molecule has 2 saturated heterocycles. The molecule has 0 bridgehead atoms.